The maximum atomic E-state index is 12.0. The van der Waals surface area contributed by atoms with Gasteiger partial charge in [0.1, 0.15) is 0 Å². The Labute approximate surface area is 101 Å². The number of hydrogen-bond donors (Lipinski definition) is 2. The van der Waals surface area contributed by atoms with E-state index in [2.05, 4.69) is 15.5 Å². The van der Waals surface area contributed by atoms with Gasteiger partial charge in [0, 0.05) is 18.8 Å². The van der Waals surface area contributed by atoms with Gasteiger partial charge in [-0.25, -0.2) is 0 Å². The van der Waals surface area contributed by atoms with Gasteiger partial charge < -0.3 is 10.1 Å². The molecule has 5 heteroatoms. The number of aromatic amines is 1. The van der Waals surface area contributed by atoms with Gasteiger partial charge in [0.05, 0.1) is 17.4 Å². The van der Waals surface area contributed by atoms with Crippen LogP contribution in [0.4, 0.5) is 0 Å². The number of hydrogen-bond acceptors (Lipinski definition) is 3. The van der Waals surface area contributed by atoms with Crippen LogP contribution in [0.5, 0.6) is 0 Å². The Bertz CT molecular complexity index is 375. The number of carbonyl (C=O) groups is 1. The van der Waals surface area contributed by atoms with Gasteiger partial charge in [-0.05, 0) is 33.1 Å². The minimum atomic E-state index is -0.0667. The second kappa shape index (κ2) is 5.31. The SMILES string of the molecule is Cc1n[nH]c(C)c1C(=O)NCC1CCCCO1. The lowest BCUT2D eigenvalue weighted by molar-refractivity contribution is 0.0169. The Morgan fingerprint density at radius 3 is 2.94 bits per heavy atom. The average molecular weight is 237 g/mol. The highest BCUT2D eigenvalue weighted by Gasteiger charge is 2.18. The molecule has 0 aromatic carbocycles. The first kappa shape index (κ1) is 12.1. The average Bonchev–Trinajstić information content (AvgIpc) is 2.67. The van der Waals surface area contributed by atoms with E-state index >= 15 is 0 Å². The summed E-state index contributed by atoms with van der Waals surface area (Å²) in [6.07, 6.45) is 3.51. The van der Waals surface area contributed by atoms with Crippen LogP contribution in [0.2, 0.25) is 0 Å². The van der Waals surface area contributed by atoms with Crippen LogP contribution in [-0.2, 0) is 4.74 Å². The van der Waals surface area contributed by atoms with Crippen molar-refractivity contribution in [3.05, 3.63) is 17.0 Å². The summed E-state index contributed by atoms with van der Waals surface area (Å²) in [5.74, 6) is -0.0667. The van der Waals surface area contributed by atoms with Crippen molar-refractivity contribution in [2.45, 2.75) is 39.2 Å². The van der Waals surface area contributed by atoms with E-state index in [0.29, 0.717) is 12.1 Å². The third-order valence-corrected chi connectivity index (χ3v) is 3.12. The zero-order valence-corrected chi connectivity index (χ0v) is 10.4. The molecule has 1 aromatic heterocycles. The molecule has 1 fully saturated rings. The number of rotatable bonds is 3. The Balaban J connectivity index is 1.89. The van der Waals surface area contributed by atoms with Crippen molar-refractivity contribution in [3.63, 3.8) is 0 Å². The maximum Gasteiger partial charge on any atom is 0.255 e. The lowest BCUT2D eigenvalue weighted by Gasteiger charge is -2.22. The van der Waals surface area contributed by atoms with Crippen molar-refractivity contribution in [1.29, 1.82) is 0 Å². The third kappa shape index (κ3) is 2.85. The Morgan fingerprint density at radius 2 is 2.35 bits per heavy atom. The molecule has 1 aliphatic rings. The first-order valence-corrected chi connectivity index (χ1v) is 6.10. The molecule has 0 bridgehead atoms. The highest BCUT2D eigenvalue weighted by Crippen LogP contribution is 2.13. The third-order valence-electron chi connectivity index (χ3n) is 3.12. The lowest BCUT2D eigenvalue weighted by atomic mass is 10.1. The molecule has 17 heavy (non-hydrogen) atoms. The van der Waals surface area contributed by atoms with Crippen molar-refractivity contribution in [1.82, 2.24) is 15.5 Å². The van der Waals surface area contributed by atoms with Crippen molar-refractivity contribution < 1.29 is 9.53 Å². The topological polar surface area (TPSA) is 67.0 Å². The number of nitrogens with one attached hydrogen (secondary N) is 2. The minimum Gasteiger partial charge on any atom is -0.376 e. The molecule has 0 aliphatic carbocycles. The highest BCUT2D eigenvalue weighted by atomic mass is 16.5. The number of ether oxygens (including phenoxy) is 1. The second-order valence-corrected chi connectivity index (χ2v) is 4.51. The summed E-state index contributed by atoms with van der Waals surface area (Å²) in [5, 5.41) is 9.74. The highest BCUT2D eigenvalue weighted by molar-refractivity contribution is 5.96. The van der Waals surface area contributed by atoms with E-state index in [-0.39, 0.29) is 12.0 Å². The molecular formula is C12H19N3O2. The molecule has 1 atom stereocenters. The fourth-order valence-electron chi connectivity index (χ4n) is 2.15. The van der Waals surface area contributed by atoms with Crippen LogP contribution in [0.1, 0.15) is 41.0 Å². The van der Waals surface area contributed by atoms with Gasteiger partial charge in [-0.1, -0.05) is 0 Å². The molecule has 1 aromatic rings. The number of H-pyrrole nitrogens is 1. The first-order chi connectivity index (χ1) is 8.18. The smallest absolute Gasteiger partial charge is 0.255 e. The monoisotopic (exact) mass is 237 g/mol. The van der Waals surface area contributed by atoms with E-state index in [1.165, 1.54) is 6.42 Å². The van der Waals surface area contributed by atoms with Crippen LogP contribution in [0.25, 0.3) is 0 Å². The fourth-order valence-corrected chi connectivity index (χ4v) is 2.15. The molecule has 0 spiro atoms. The zero-order chi connectivity index (χ0) is 12.3. The molecule has 1 amide bonds. The van der Waals surface area contributed by atoms with Crippen molar-refractivity contribution in [2.24, 2.45) is 0 Å². The lowest BCUT2D eigenvalue weighted by Crippen LogP contribution is -2.35. The predicted molar refractivity (Wildman–Crippen MR) is 64.0 cm³/mol. The molecule has 2 N–H and O–H groups in total. The zero-order valence-electron chi connectivity index (χ0n) is 10.4. The van der Waals surface area contributed by atoms with Crippen molar-refractivity contribution in [2.75, 3.05) is 13.2 Å². The van der Waals surface area contributed by atoms with Crippen molar-refractivity contribution in [3.8, 4) is 0 Å². The summed E-state index contributed by atoms with van der Waals surface area (Å²) in [6.45, 7) is 5.08. The van der Waals surface area contributed by atoms with Crippen LogP contribution in [0, 0.1) is 13.8 Å². The van der Waals surface area contributed by atoms with E-state index in [1.807, 2.05) is 13.8 Å². The van der Waals surface area contributed by atoms with Gasteiger partial charge >= 0.3 is 0 Å². The molecular weight excluding hydrogens is 218 g/mol. The van der Waals surface area contributed by atoms with E-state index < -0.39 is 0 Å². The van der Waals surface area contributed by atoms with Crippen LogP contribution in [0.15, 0.2) is 0 Å². The Hall–Kier alpha value is -1.36. The minimum absolute atomic E-state index is 0.0667. The van der Waals surface area contributed by atoms with Crippen LogP contribution < -0.4 is 5.32 Å². The normalized spacial score (nSPS) is 20.2. The fraction of sp³-hybridized carbons (Fsp3) is 0.667. The Kier molecular flexibility index (Phi) is 3.78. The van der Waals surface area contributed by atoms with Crippen LogP contribution >= 0.6 is 0 Å². The predicted octanol–water partition coefficient (Wildman–Crippen LogP) is 1.33. The number of amides is 1. The summed E-state index contributed by atoms with van der Waals surface area (Å²) >= 11 is 0. The quantitative estimate of drug-likeness (QED) is 0.833. The van der Waals surface area contributed by atoms with Gasteiger partial charge in [0.25, 0.3) is 5.91 Å². The molecule has 0 radical (unpaired) electrons. The van der Waals surface area contributed by atoms with Crippen LogP contribution in [0.3, 0.4) is 0 Å². The second-order valence-electron chi connectivity index (χ2n) is 4.51. The molecule has 2 heterocycles. The molecule has 5 nitrogen and oxygen atoms in total. The molecule has 1 aliphatic heterocycles. The molecule has 1 unspecified atom stereocenters. The van der Waals surface area contributed by atoms with Crippen molar-refractivity contribution >= 4 is 5.91 Å². The maximum absolute atomic E-state index is 12.0. The summed E-state index contributed by atoms with van der Waals surface area (Å²) in [7, 11) is 0. The number of nitrogens with zero attached hydrogens (tertiary/aromatic N) is 1. The number of aryl methyl sites for hydroxylation is 2. The summed E-state index contributed by atoms with van der Waals surface area (Å²) in [4.78, 5) is 12.0. The van der Waals surface area contributed by atoms with Gasteiger partial charge in [-0.3, -0.25) is 9.89 Å². The number of aromatic nitrogens is 2. The van der Waals surface area contributed by atoms with E-state index in [9.17, 15) is 4.79 Å². The standard InChI is InChI=1S/C12H19N3O2/c1-8-11(9(2)15-14-8)12(16)13-7-10-5-3-4-6-17-10/h10H,3-7H2,1-2H3,(H,13,16)(H,14,15). The van der Waals surface area contributed by atoms with Gasteiger partial charge in [0.15, 0.2) is 0 Å². The van der Waals surface area contributed by atoms with Crippen LogP contribution in [-0.4, -0.2) is 35.4 Å². The van der Waals surface area contributed by atoms with E-state index in [4.69, 9.17) is 4.74 Å². The Morgan fingerprint density at radius 1 is 1.53 bits per heavy atom. The molecule has 0 saturated carbocycles. The summed E-state index contributed by atoms with van der Waals surface area (Å²) < 4.78 is 5.57. The first-order valence-electron chi connectivity index (χ1n) is 6.10. The van der Waals surface area contributed by atoms with Gasteiger partial charge in [0.2, 0.25) is 0 Å². The van der Waals surface area contributed by atoms with Gasteiger partial charge in [-0.2, -0.15) is 5.10 Å². The number of carbonyl (C=O) groups excluding carboxylic acids is 1. The summed E-state index contributed by atoms with van der Waals surface area (Å²) in [6, 6.07) is 0. The van der Waals surface area contributed by atoms with E-state index in [0.717, 1.165) is 30.8 Å². The molecule has 1 saturated heterocycles. The molecule has 94 valence electrons. The largest absolute Gasteiger partial charge is 0.376 e. The van der Waals surface area contributed by atoms with E-state index in [1.54, 1.807) is 0 Å². The van der Waals surface area contributed by atoms with Gasteiger partial charge in [-0.15, -0.1) is 0 Å². The summed E-state index contributed by atoms with van der Waals surface area (Å²) in [5.41, 5.74) is 2.20. The molecule has 2 rings (SSSR count).